The molecule has 2 N–H and O–H groups in total. The van der Waals surface area contributed by atoms with E-state index in [1.54, 1.807) is 0 Å². The maximum Gasteiger partial charge on any atom is 0.230 e. The van der Waals surface area contributed by atoms with Crippen LogP contribution >= 0.6 is 11.3 Å². The summed E-state index contributed by atoms with van der Waals surface area (Å²) in [6.45, 7) is 2.00. The van der Waals surface area contributed by atoms with Crippen LogP contribution in [0.1, 0.15) is 18.1 Å². The van der Waals surface area contributed by atoms with Crippen LogP contribution in [-0.4, -0.2) is 16.8 Å². The number of hydrogen-bond donors (Lipinski definition) is 2. The van der Waals surface area contributed by atoms with E-state index in [1.165, 1.54) is 18.3 Å². The molecule has 0 aliphatic carbocycles. The van der Waals surface area contributed by atoms with Gasteiger partial charge in [0.25, 0.3) is 0 Å². The van der Waals surface area contributed by atoms with E-state index in [2.05, 4.69) is 27.8 Å². The fourth-order valence-electron chi connectivity index (χ4n) is 3.28. The molecule has 1 aromatic heterocycles. The topological polar surface area (TPSA) is 71.1 Å². The van der Waals surface area contributed by atoms with Gasteiger partial charge < -0.3 is 10.6 Å². The van der Waals surface area contributed by atoms with Gasteiger partial charge in [-0.05, 0) is 22.3 Å². The highest BCUT2D eigenvalue weighted by atomic mass is 32.1. The number of carbonyl (C=O) groups excluding carboxylic acids is 2. The third kappa shape index (κ3) is 5.68. The molecule has 4 aromatic rings. The van der Waals surface area contributed by atoms with Gasteiger partial charge in [0.2, 0.25) is 11.8 Å². The molecule has 0 fully saturated rings. The van der Waals surface area contributed by atoms with E-state index < -0.39 is 0 Å². The van der Waals surface area contributed by atoms with Crippen molar-refractivity contribution >= 4 is 28.3 Å². The minimum Gasteiger partial charge on any atom is -0.352 e. The van der Waals surface area contributed by atoms with Crippen molar-refractivity contribution in [1.29, 1.82) is 0 Å². The van der Waals surface area contributed by atoms with Gasteiger partial charge in [0.05, 0.1) is 12.1 Å². The number of anilines is 1. The molecule has 0 unspecified atom stereocenters. The standard InChI is InChI=1S/C26H23N3O2S/c1-18(30)27-16-20-9-13-23(14-10-20)24-17-32-26(28-24)29-25(31)15-19-7-11-22(12-8-19)21-5-3-2-4-6-21/h2-14,17H,15-16H2,1H3,(H,27,30)(H,28,29,31). The smallest absolute Gasteiger partial charge is 0.230 e. The molecule has 0 saturated carbocycles. The summed E-state index contributed by atoms with van der Waals surface area (Å²) in [5.41, 5.74) is 6.03. The molecule has 1 heterocycles. The maximum atomic E-state index is 12.5. The Morgan fingerprint density at radius 3 is 2.12 bits per heavy atom. The first-order valence-corrected chi connectivity index (χ1v) is 11.2. The number of hydrogen-bond acceptors (Lipinski definition) is 4. The second-order valence-electron chi connectivity index (χ2n) is 7.43. The summed E-state index contributed by atoms with van der Waals surface area (Å²) in [6, 6.07) is 26.0. The Hall–Kier alpha value is -3.77. The monoisotopic (exact) mass is 441 g/mol. The Bertz CT molecular complexity index is 1200. The summed E-state index contributed by atoms with van der Waals surface area (Å²) in [6.07, 6.45) is 0.293. The van der Waals surface area contributed by atoms with Crippen molar-refractivity contribution in [2.45, 2.75) is 19.9 Å². The molecule has 4 rings (SSSR count). The lowest BCUT2D eigenvalue weighted by molar-refractivity contribution is -0.119. The van der Waals surface area contributed by atoms with Crippen LogP contribution in [0.2, 0.25) is 0 Å². The first kappa shape index (κ1) is 21.5. The van der Waals surface area contributed by atoms with Gasteiger partial charge in [0.1, 0.15) is 0 Å². The van der Waals surface area contributed by atoms with Gasteiger partial charge in [0, 0.05) is 24.4 Å². The lowest BCUT2D eigenvalue weighted by Crippen LogP contribution is -2.18. The van der Waals surface area contributed by atoms with E-state index in [1.807, 2.05) is 72.1 Å². The SMILES string of the molecule is CC(=O)NCc1ccc(-c2csc(NC(=O)Cc3ccc(-c4ccccc4)cc3)n2)cc1. The first-order chi connectivity index (χ1) is 15.6. The zero-order chi connectivity index (χ0) is 22.3. The number of aromatic nitrogens is 1. The van der Waals surface area contributed by atoms with Crippen molar-refractivity contribution in [1.82, 2.24) is 10.3 Å². The Morgan fingerprint density at radius 2 is 1.44 bits per heavy atom. The molecule has 32 heavy (non-hydrogen) atoms. The number of nitrogens with zero attached hydrogens (tertiary/aromatic N) is 1. The quantitative estimate of drug-likeness (QED) is 0.409. The number of thiazole rings is 1. The van der Waals surface area contributed by atoms with E-state index in [4.69, 9.17) is 0 Å². The summed E-state index contributed by atoms with van der Waals surface area (Å²) in [4.78, 5) is 28.0. The van der Waals surface area contributed by atoms with Crippen molar-refractivity contribution in [3.63, 3.8) is 0 Å². The summed E-state index contributed by atoms with van der Waals surface area (Å²) in [7, 11) is 0. The largest absolute Gasteiger partial charge is 0.352 e. The average molecular weight is 442 g/mol. The van der Waals surface area contributed by atoms with Gasteiger partial charge in [-0.25, -0.2) is 4.98 Å². The summed E-state index contributed by atoms with van der Waals surface area (Å²) in [5.74, 6) is -0.148. The third-order valence-electron chi connectivity index (χ3n) is 4.97. The maximum absolute atomic E-state index is 12.5. The van der Waals surface area contributed by atoms with Crippen molar-refractivity contribution < 1.29 is 9.59 Å². The molecule has 0 aliphatic rings. The molecule has 0 aliphatic heterocycles. The highest BCUT2D eigenvalue weighted by Gasteiger charge is 2.09. The van der Waals surface area contributed by atoms with Gasteiger partial charge in [-0.15, -0.1) is 11.3 Å². The first-order valence-electron chi connectivity index (χ1n) is 10.3. The zero-order valence-corrected chi connectivity index (χ0v) is 18.5. The summed E-state index contributed by atoms with van der Waals surface area (Å²) in [5, 5.41) is 8.17. The van der Waals surface area contributed by atoms with Crippen LogP contribution in [0.4, 0.5) is 5.13 Å². The molecule has 160 valence electrons. The molecule has 3 aromatic carbocycles. The van der Waals surface area contributed by atoms with Crippen LogP contribution in [0.5, 0.6) is 0 Å². The van der Waals surface area contributed by atoms with Crippen molar-refractivity contribution in [2.75, 3.05) is 5.32 Å². The van der Waals surface area contributed by atoms with E-state index >= 15 is 0 Å². The van der Waals surface area contributed by atoms with E-state index in [-0.39, 0.29) is 11.8 Å². The van der Waals surface area contributed by atoms with E-state index in [0.29, 0.717) is 18.1 Å². The van der Waals surface area contributed by atoms with Crippen LogP contribution in [-0.2, 0) is 22.6 Å². The molecule has 0 saturated heterocycles. The molecule has 0 radical (unpaired) electrons. The summed E-state index contributed by atoms with van der Waals surface area (Å²) < 4.78 is 0. The highest BCUT2D eigenvalue weighted by Crippen LogP contribution is 2.25. The predicted octanol–water partition coefficient (Wildman–Crippen LogP) is 5.29. The molecular formula is C26H23N3O2S. The zero-order valence-electron chi connectivity index (χ0n) is 17.7. The van der Waals surface area contributed by atoms with Crippen LogP contribution in [0.3, 0.4) is 0 Å². The fourth-order valence-corrected chi connectivity index (χ4v) is 4.01. The molecule has 6 heteroatoms. The number of benzene rings is 3. The van der Waals surface area contributed by atoms with Gasteiger partial charge in [-0.3, -0.25) is 9.59 Å². The molecular weight excluding hydrogens is 418 g/mol. The average Bonchev–Trinajstić information content (AvgIpc) is 3.27. The Kier molecular flexibility index (Phi) is 6.72. The number of carbonyl (C=O) groups is 2. The Labute approximate surface area is 191 Å². The lowest BCUT2D eigenvalue weighted by Gasteiger charge is -2.05. The van der Waals surface area contributed by atoms with Gasteiger partial charge in [0.15, 0.2) is 5.13 Å². The molecule has 0 atom stereocenters. The second-order valence-corrected chi connectivity index (χ2v) is 8.29. The van der Waals surface area contributed by atoms with Crippen LogP contribution in [0, 0.1) is 0 Å². The van der Waals surface area contributed by atoms with Crippen molar-refractivity contribution in [3.05, 3.63) is 95.4 Å². The van der Waals surface area contributed by atoms with Gasteiger partial charge in [-0.2, -0.15) is 0 Å². The summed E-state index contributed by atoms with van der Waals surface area (Å²) >= 11 is 1.40. The van der Waals surface area contributed by atoms with Crippen molar-refractivity contribution in [2.24, 2.45) is 0 Å². The highest BCUT2D eigenvalue weighted by molar-refractivity contribution is 7.14. The second kappa shape index (κ2) is 10.0. The number of nitrogens with one attached hydrogen (secondary N) is 2. The minimum absolute atomic E-state index is 0.0545. The fraction of sp³-hybridized carbons (Fsp3) is 0.115. The van der Waals surface area contributed by atoms with E-state index in [0.717, 1.165) is 33.5 Å². The van der Waals surface area contributed by atoms with Crippen LogP contribution in [0.15, 0.2) is 84.2 Å². The normalized spacial score (nSPS) is 10.5. The number of rotatable bonds is 7. The minimum atomic E-state index is -0.0935. The molecule has 5 nitrogen and oxygen atoms in total. The molecule has 0 spiro atoms. The Balaban J connectivity index is 1.34. The Morgan fingerprint density at radius 1 is 0.812 bits per heavy atom. The van der Waals surface area contributed by atoms with Gasteiger partial charge in [-0.1, -0.05) is 78.9 Å². The van der Waals surface area contributed by atoms with Crippen molar-refractivity contribution in [3.8, 4) is 22.4 Å². The van der Waals surface area contributed by atoms with Gasteiger partial charge >= 0.3 is 0 Å². The van der Waals surface area contributed by atoms with E-state index in [9.17, 15) is 9.59 Å². The van der Waals surface area contributed by atoms with Crippen LogP contribution < -0.4 is 10.6 Å². The molecule has 2 amide bonds. The lowest BCUT2D eigenvalue weighted by atomic mass is 10.0. The number of amides is 2. The third-order valence-corrected chi connectivity index (χ3v) is 5.73. The predicted molar refractivity (Wildman–Crippen MR) is 129 cm³/mol. The van der Waals surface area contributed by atoms with Crippen LogP contribution in [0.25, 0.3) is 22.4 Å². The molecule has 0 bridgehead atoms.